The molecule has 0 saturated heterocycles. The van der Waals surface area contributed by atoms with Gasteiger partial charge < -0.3 is 9.79 Å². The van der Waals surface area contributed by atoms with Gasteiger partial charge in [0, 0.05) is 0 Å². The van der Waals surface area contributed by atoms with Gasteiger partial charge in [-0.2, -0.15) is 0 Å². The van der Waals surface area contributed by atoms with E-state index in [1.165, 1.54) is 43.2 Å². The number of benzene rings is 1. The Morgan fingerprint density at radius 1 is 1.08 bits per heavy atom. The SMILES string of the molecule is CCCCCCCc1ccc([C@@H]2CC[C@H](COP(=O)(O)O)C2)cc1. The molecule has 1 saturated carbocycles. The van der Waals surface area contributed by atoms with E-state index in [0.29, 0.717) is 5.92 Å². The highest BCUT2D eigenvalue weighted by molar-refractivity contribution is 7.46. The molecule has 0 heterocycles. The first-order valence-electron chi connectivity index (χ1n) is 9.27. The van der Waals surface area contributed by atoms with Crippen LogP contribution in [0.2, 0.25) is 0 Å². The maximum Gasteiger partial charge on any atom is 0.469 e. The Kier molecular flexibility index (Phi) is 7.96. The molecule has 4 nitrogen and oxygen atoms in total. The van der Waals surface area contributed by atoms with Gasteiger partial charge in [0.05, 0.1) is 6.61 Å². The molecular weight excluding hydrogens is 323 g/mol. The molecule has 24 heavy (non-hydrogen) atoms. The minimum Gasteiger partial charge on any atom is -0.303 e. The van der Waals surface area contributed by atoms with Crippen LogP contribution in [0.25, 0.3) is 0 Å². The minimum atomic E-state index is -4.33. The maximum atomic E-state index is 10.8. The monoisotopic (exact) mass is 354 g/mol. The Balaban J connectivity index is 1.74. The smallest absolute Gasteiger partial charge is 0.303 e. The average molecular weight is 354 g/mol. The largest absolute Gasteiger partial charge is 0.469 e. The summed E-state index contributed by atoms with van der Waals surface area (Å²) < 4.78 is 15.4. The van der Waals surface area contributed by atoms with Crippen molar-refractivity contribution in [3.8, 4) is 0 Å². The summed E-state index contributed by atoms with van der Waals surface area (Å²) in [6.07, 6.45) is 10.7. The number of phosphoric ester groups is 1. The van der Waals surface area contributed by atoms with Crippen LogP contribution in [0.3, 0.4) is 0 Å². The van der Waals surface area contributed by atoms with Crippen LogP contribution in [0.5, 0.6) is 0 Å². The summed E-state index contributed by atoms with van der Waals surface area (Å²) in [5.74, 6) is 0.745. The van der Waals surface area contributed by atoms with Gasteiger partial charge in [-0.15, -0.1) is 0 Å². The number of unbranched alkanes of at least 4 members (excludes halogenated alkanes) is 4. The number of hydrogen-bond donors (Lipinski definition) is 2. The van der Waals surface area contributed by atoms with Gasteiger partial charge in [-0.1, -0.05) is 56.9 Å². The molecule has 0 unspecified atom stereocenters. The van der Waals surface area contributed by atoms with Crippen molar-refractivity contribution in [3.63, 3.8) is 0 Å². The average Bonchev–Trinajstić information content (AvgIpc) is 3.02. The van der Waals surface area contributed by atoms with Gasteiger partial charge in [0.15, 0.2) is 0 Å². The summed E-state index contributed by atoms with van der Waals surface area (Å²) in [5, 5.41) is 0. The van der Waals surface area contributed by atoms with Crippen LogP contribution in [0.4, 0.5) is 0 Å². The summed E-state index contributed by atoms with van der Waals surface area (Å²) in [6.45, 7) is 2.40. The zero-order valence-electron chi connectivity index (χ0n) is 14.7. The second-order valence-electron chi connectivity index (χ2n) is 7.07. The second kappa shape index (κ2) is 9.72. The van der Waals surface area contributed by atoms with E-state index < -0.39 is 7.82 Å². The summed E-state index contributed by atoms with van der Waals surface area (Å²) in [6, 6.07) is 8.96. The van der Waals surface area contributed by atoms with Crippen LogP contribution in [-0.4, -0.2) is 16.4 Å². The van der Waals surface area contributed by atoms with Crippen molar-refractivity contribution in [2.45, 2.75) is 70.6 Å². The fourth-order valence-electron chi connectivity index (χ4n) is 3.62. The van der Waals surface area contributed by atoms with Gasteiger partial charge in [-0.25, -0.2) is 4.57 Å². The van der Waals surface area contributed by atoms with Gasteiger partial charge >= 0.3 is 7.82 Å². The molecule has 0 aliphatic heterocycles. The van der Waals surface area contributed by atoms with E-state index in [4.69, 9.17) is 9.79 Å². The molecule has 1 aliphatic rings. The fraction of sp³-hybridized carbons (Fsp3) is 0.684. The van der Waals surface area contributed by atoms with E-state index in [9.17, 15) is 4.57 Å². The third-order valence-corrected chi connectivity index (χ3v) is 5.53. The van der Waals surface area contributed by atoms with Crippen LogP contribution in [0.15, 0.2) is 24.3 Å². The lowest BCUT2D eigenvalue weighted by Gasteiger charge is -2.13. The highest BCUT2D eigenvalue weighted by Gasteiger charge is 2.28. The summed E-state index contributed by atoms with van der Waals surface area (Å²) in [5.41, 5.74) is 2.76. The van der Waals surface area contributed by atoms with E-state index in [-0.39, 0.29) is 12.5 Å². The van der Waals surface area contributed by atoms with E-state index in [0.717, 1.165) is 25.7 Å². The molecule has 0 spiro atoms. The maximum absolute atomic E-state index is 10.8. The van der Waals surface area contributed by atoms with E-state index in [1.807, 2.05) is 0 Å². The van der Waals surface area contributed by atoms with Crippen molar-refractivity contribution >= 4 is 7.82 Å². The second-order valence-corrected chi connectivity index (χ2v) is 8.31. The van der Waals surface area contributed by atoms with Gasteiger partial charge in [0.1, 0.15) is 0 Å². The zero-order chi connectivity index (χ0) is 17.4. The standard InChI is InChI=1S/C19H31O4P/c1-2-3-4-5-6-7-16-8-11-18(12-9-16)19-13-10-17(14-19)15-23-24(20,21)22/h8-9,11-12,17,19H,2-7,10,13-15H2,1H3,(H2,20,21,22)/t17-,19+/m0/s1. The van der Waals surface area contributed by atoms with Crippen molar-refractivity contribution in [3.05, 3.63) is 35.4 Å². The van der Waals surface area contributed by atoms with E-state index in [1.54, 1.807) is 0 Å². The molecule has 1 aromatic rings. The lowest BCUT2D eigenvalue weighted by Crippen LogP contribution is -2.05. The number of rotatable bonds is 10. The van der Waals surface area contributed by atoms with Crippen molar-refractivity contribution in [2.24, 2.45) is 5.92 Å². The van der Waals surface area contributed by atoms with Crippen LogP contribution >= 0.6 is 7.82 Å². The lowest BCUT2D eigenvalue weighted by atomic mass is 9.94. The zero-order valence-corrected chi connectivity index (χ0v) is 15.6. The third kappa shape index (κ3) is 7.06. The molecular formula is C19H31O4P. The molecule has 1 aliphatic carbocycles. The van der Waals surface area contributed by atoms with Crippen LogP contribution in [0, 0.1) is 5.92 Å². The highest BCUT2D eigenvalue weighted by Crippen LogP contribution is 2.42. The molecule has 136 valence electrons. The summed E-state index contributed by atoms with van der Waals surface area (Å²) in [4.78, 5) is 17.6. The van der Waals surface area contributed by atoms with Crippen LogP contribution < -0.4 is 0 Å². The molecule has 5 heteroatoms. The number of aryl methyl sites for hydroxylation is 1. The molecule has 0 radical (unpaired) electrons. The Morgan fingerprint density at radius 2 is 1.79 bits per heavy atom. The fourth-order valence-corrected chi connectivity index (χ4v) is 4.03. The van der Waals surface area contributed by atoms with Gasteiger partial charge in [-0.3, -0.25) is 4.52 Å². The first-order valence-corrected chi connectivity index (χ1v) is 10.8. The first kappa shape index (κ1) is 19.7. The predicted molar refractivity (Wildman–Crippen MR) is 97.0 cm³/mol. The van der Waals surface area contributed by atoms with Crippen LogP contribution in [0.1, 0.15) is 75.3 Å². The topological polar surface area (TPSA) is 66.8 Å². The van der Waals surface area contributed by atoms with Crippen molar-refractivity contribution in [2.75, 3.05) is 6.61 Å². The van der Waals surface area contributed by atoms with Crippen LogP contribution in [-0.2, 0) is 15.5 Å². The molecule has 2 atom stereocenters. The van der Waals surface area contributed by atoms with Crippen molar-refractivity contribution < 1.29 is 18.9 Å². The molecule has 0 aromatic heterocycles. The van der Waals surface area contributed by atoms with Gasteiger partial charge in [0.2, 0.25) is 0 Å². The molecule has 1 fully saturated rings. The number of hydrogen-bond acceptors (Lipinski definition) is 2. The van der Waals surface area contributed by atoms with E-state index >= 15 is 0 Å². The Hall–Kier alpha value is -0.670. The third-order valence-electron chi connectivity index (χ3n) is 5.04. The quantitative estimate of drug-likeness (QED) is 0.448. The number of phosphoric acid groups is 1. The summed E-state index contributed by atoms with van der Waals surface area (Å²) >= 11 is 0. The Bertz CT molecular complexity index is 523. The van der Waals surface area contributed by atoms with Gasteiger partial charge in [0.25, 0.3) is 0 Å². The predicted octanol–water partition coefficient (Wildman–Crippen LogP) is 5.19. The lowest BCUT2D eigenvalue weighted by molar-refractivity contribution is 0.168. The molecule has 2 rings (SSSR count). The van der Waals surface area contributed by atoms with Crippen molar-refractivity contribution in [1.82, 2.24) is 0 Å². The highest BCUT2D eigenvalue weighted by atomic mass is 31.2. The van der Waals surface area contributed by atoms with Crippen molar-refractivity contribution in [1.29, 1.82) is 0 Å². The molecule has 1 aromatic carbocycles. The first-order chi connectivity index (χ1) is 11.5. The van der Waals surface area contributed by atoms with Gasteiger partial charge in [-0.05, 0) is 55.1 Å². The Labute approximate surface area is 145 Å². The van der Waals surface area contributed by atoms with E-state index in [2.05, 4.69) is 35.7 Å². The Morgan fingerprint density at radius 3 is 2.46 bits per heavy atom. The molecule has 0 bridgehead atoms. The minimum absolute atomic E-state index is 0.163. The molecule has 2 N–H and O–H groups in total. The normalized spacial score (nSPS) is 21.3. The molecule has 0 amide bonds. The summed E-state index contributed by atoms with van der Waals surface area (Å²) in [7, 11) is -4.33.